The van der Waals surface area contributed by atoms with Crippen molar-refractivity contribution in [3.05, 3.63) is 41.0 Å². The summed E-state index contributed by atoms with van der Waals surface area (Å²) in [6.45, 7) is 4.83. The highest BCUT2D eigenvalue weighted by Crippen LogP contribution is 2.50. The van der Waals surface area contributed by atoms with Crippen LogP contribution in [0.3, 0.4) is 0 Å². The Hall–Kier alpha value is -1.69. The maximum atomic E-state index is 13.3. The number of Topliss-reactive ketones (excluding diaryl/α,β-unsaturated/α-hetero) is 1. The number of benzene rings is 1. The van der Waals surface area contributed by atoms with Crippen molar-refractivity contribution in [2.75, 3.05) is 20.3 Å². The van der Waals surface area contributed by atoms with Crippen molar-refractivity contribution in [3.8, 4) is 0 Å². The van der Waals surface area contributed by atoms with E-state index in [-0.39, 0.29) is 17.5 Å². The third-order valence-corrected chi connectivity index (χ3v) is 4.89. The van der Waals surface area contributed by atoms with Crippen LogP contribution in [0, 0.1) is 0 Å². The number of ether oxygens (including phenoxy) is 4. The Morgan fingerprint density at radius 2 is 2.08 bits per heavy atom. The number of ketones is 1. The van der Waals surface area contributed by atoms with Gasteiger partial charge < -0.3 is 18.9 Å². The molecule has 4 rings (SSSR count). The van der Waals surface area contributed by atoms with E-state index in [2.05, 4.69) is 0 Å². The Kier molecular flexibility index (Phi) is 3.56. The summed E-state index contributed by atoms with van der Waals surface area (Å²) in [6, 6.07) is 7.69. The Balaban J connectivity index is 1.83. The quantitative estimate of drug-likeness (QED) is 0.834. The number of hydrogen-bond acceptors (Lipinski definition) is 5. The smallest absolute Gasteiger partial charge is 0.262 e. The van der Waals surface area contributed by atoms with Gasteiger partial charge in [0.05, 0.1) is 13.2 Å². The van der Waals surface area contributed by atoms with E-state index in [1.54, 1.807) is 7.11 Å². The lowest BCUT2D eigenvalue weighted by Crippen LogP contribution is -2.45. The van der Waals surface area contributed by atoms with Crippen LogP contribution in [0.4, 0.5) is 0 Å². The zero-order valence-electron chi connectivity index (χ0n) is 14.3. The van der Waals surface area contributed by atoms with Gasteiger partial charge in [0.2, 0.25) is 5.78 Å². The zero-order chi connectivity index (χ0) is 16.9. The van der Waals surface area contributed by atoms with E-state index in [0.29, 0.717) is 31.0 Å². The molecule has 128 valence electrons. The Morgan fingerprint density at radius 1 is 1.29 bits per heavy atom. The van der Waals surface area contributed by atoms with Gasteiger partial charge in [0.25, 0.3) is 5.79 Å². The van der Waals surface area contributed by atoms with Crippen LogP contribution in [-0.4, -0.2) is 37.8 Å². The monoisotopic (exact) mass is 330 g/mol. The van der Waals surface area contributed by atoms with E-state index in [1.165, 1.54) is 0 Å². The van der Waals surface area contributed by atoms with Gasteiger partial charge in [-0.15, -0.1) is 0 Å². The largest absolute Gasteiger partial charge is 0.487 e. The van der Waals surface area contributed by atoms with Crippen molar-refractivity contribution in [2.45, 2.75) is 44.2 Å². The molecule has 0 saturated carbocycles. The SMILES string of the molecule is COCC1COC2(O1)C(=O)C1=C(OC(C)(C)CC1)c1ccccc12. The molecule has 1 aliphatic carbocycles. The number of carbonyl (C=O) groups excluding carboxylic acids is 1. The molecule has 2 aliphatic heterocycles. The van der Waals surface area contributed by atoms with Crippen LogP contribution >= 0.6 is 0 Å². The van der Waals surface area contributed by atoms with Crippen molar-refractivity contribution in [1.82, 2.24) is 0 Å². The highest BCUT2D eigenvalue weighted by Gasteiger charge is 2.56. The van der Waals surface area contributed by atoms with Crippen LogP contribution in [0.25, 0.3) is 5.76 Å². The number of rotatable bonds is 2. The standard InChI is InChI=1S/C19H22O5/c1-18(2)9-8-14-16(24-18)13-6-4-5-7-15(13)19(17(14)20)22-11-12(23-19)10-21-3/h4-7,12H,8-11H2,1-3H3. The Labute approximate surface area is 141 Å². The summed E-state index contributed by atoms with van der Waals surface area (Å²) in [4.78, 5) is 13.3. The molecule has 1 saturated heterocycles. The van der Waals surface area contributed by atoms with Crippen molar-refractivity contribution >= 4 is 11.5 Å². The predicted octanol–water partition coefficient (Wildman–Crippen LogP) is 2.78. The fourth-order valence-electron chi connectivity index (χ4n) is 3.69. The second kappa shape index (κ2) is 5.41. The highest BCUT2D eigenvalue weighted by molar-refractivity contribution is 6.10. The Morgan fingerprint density at radius 3 is 2.88 bits per heavy atom. The van der Waals surface area contributed by atoms with E-state index in [4.69, 9.17) is 18.9 Å². The minimum Gasteiger partial charge on any atom is -0.487 e. The molecule has 0 N–H and O–H groups in total. The predicted molar refractivity (Wildman–Crippen MR) is 87.1 cm³/mol. The molecule has 1 spiro atoms. The van der Waals surface area contributed by atoms with Gasteiger partial charge in [-0.05, 0) is 26.7 Å². The first-order chi connectivity index (χ1) is 11.5. The average molecular weight is 330 g/mol. The number of carbonyl (C=O) groups is 1. The molecule has 2 atom stereocenters. The molecule has 2 heterocycles. The van der Waals surface area contributed by atoms with E-state index in [0.717, 1.165) is 17.5 Å². The topological polar surface area (TPSA) is 54.0 Å². The molecule has 1 fully saturated rings. The van der Waals surface area contributed by atoms with Gasteiger partial charge in [0.1, 0.15) is 17.5 Å². The third kappa shape index (κ3) is 2.23. The lowest BCUT2D eigenvalue weighted by atomic mass is 9.79. The minimum atomic E-state index is -1.36. The van der Waals surface area contributed by atoms with E-state index < -0.39 is 5.79 Å². The normalized spacial score (nSPS) is 31.0. The average Bonchev–Trinajstić information content (AvgIpc) is 2.98. The van der Waals surface area contributed by atoms with Crippen LogP contribution < -0.4 is 0 Å². The first kappa shape index (κ1) is 15.8. The molecule has 0 aromatic heterocycles. The van der Waals surface area contributed by atoms with Gasteiger partial charge in [0.15, 0.2) is 0 Å². The second-order valence-electron chi connectivity index (χ2n) is 7.17. The number of methoxy groups -OCH3 is 1. The maximum absolute atomic E-state index is 13.3. The number of hydrogen-bond donors (Lipinski definition) is 0. The lowest BCUT2D eigenvalue weighted by Gasteiger charge is -2.41. The van der Waals surface area contributed by atoms with Crippen LogP contribution in [0.5, 0.6) is 0 Å². The first-order valence-electron chi connectivity index (χ1n) is 8.34. The van der Waals surface area contributed by atoms with E-state index in [1.807, 2.05) is 38.1 Å². The van der Waals surface area contributed by atoms with Crippen LogP contribution in [-0.2, 0) is 29.5 Å². The Bertz CT molecular complexity index is 720. The van der Waals surface area contributed by atoms with Crippen molar-refractivity contribution in [2.24, 2.45) is 0 Å². The molecule has 24 heavy (non-hydrogen) atoms. The van der Waals surface area contributed by atoms with Crippen molar-refractivity contribution in [3.63, 3.8) is 0 Å². The summed E-state index contributed by atoms with van der Waals surface area (Å²) in [6.07, 6.45) is 1.20. The van der Waals surface area contributed by atoms with Crippen molar-refractivity contribution in [1.29, 1.82) is 0 Å². The van der Waals surface area contributed by atoms with Crippen LogP contribution in [0.1, 0.15) is 37.8 Å². The molecule has 2 unspecified atom stereocenters. The summed E-state index contributed by atoms with van der Waals surface area (Å²) in [7, 11) is 1.61. The van der Waals surface area contributed by atoms with Crippen LogP contribution in [0.2, 0.25) is 0 Å². The van der Waals surface area contributed by atoms with Gasteiger partial charge in [-0.25, -0.2) is 0 Å². The number of fused-ring (bicyclic) bond motifs is 3. The molecule has 1 aromatic rings. The molecule has 3 aliphatic rings. The zero-order valence-corrected chi connectivity index (χ0v) is 14.3. The molecular weight excluding hydrogens is 308 g/mol. The first-order valence-corrected chi connectivity index (χ1v) is 8.34. The molecule has 1 aromatic carbocycles. The fourth-order valence-corrected chi connectivity index (χ4v) is 3.69. The molecule has 5 nitrogen and oxygen atoms in total. The summed E-state index contributed by atoms with van der Waals surface area (Å²) < 4.78 is 23.4. The maximum Gasteiger partial charge on any atom is 0.262 e. The van der Waals surface area contributed by atoms with Gasteiger partial charge in [-0.2, -0.15) is 0 Å². The second-order valence-corrected chi connectivity index (χ2v) is 7.17. The highest BCUT2D eigenvalue weighted by atomic mass is 16.8. The minimum absolute atomic E-state index is 0.134. The molecule has 0 radical (unpaired) electrons. The summed E-state index contributed by atoms with van der Waals surface area (Å²) in [5.41, 5.74) is 2.00. The molecule has 5 heteroatoms. The van der Waals surface area contributed by atoms with Gasteiger partial charge in [0, 0.05) is 23.8 Å². The molecular formula is C19H22O5. The lowest BCUT2D eigenvalue weighted by molar-refractivity contribution is -0.190. The molecule has 0 bridgehead atoms. The van der Waals surface area contributed by atoms with E-state index >= 15 is 0 Å². The summed E-state index contributed by atoms with van der Waals surface area (Å²) >= 11 is 0. The van der Waals surface area contributed by atoms with E-state index in [9.17, 15) is 4.79 Å². The third-order valence-electron chi connectivity index (χ3n) is 4.89. The summed E-state index contributed by atoms with van der Waals surface area (Å²) in [5, 5.41) is 0. The van der Waals surface area contributed by atoms with Gasteiger partial charge in [-0.1, -0.05) is 24.3 Å². The summed E-state index contributed by atoms with van der Waals surface area (Å²) in [5.74, 6) is -0.811. The van der Waals surface area contributed by atoms with Crippen molar-refractivity contribution < 1.29 is 23.7 Å². The fraction of sp³-hybridized carbons (Fsp3) is 0.526. The van der Waals surface area contributed by atoms with Gasteiger partial charge >= 0.3 is 0 Å². The van der Waals surface area contributed by atoms with Gasteiger partial charge in [-0.3, -0.25) is 4.79 Å². The molecule has 0 amide bonds. The van der Waals surface area contributed by atoms with Crippen LogP contribution in [0.15, 0.2) is 29.8 Å².